The van der Waals surface area contributed by atoms with Crippen molar-refractivity contribution in [2.75, 3.05) is 5.32 Å². The topological polar surface area (TPSA) is 66.4 Å². The molecule has 1 aliphatic rings. The third kappa shape index (κ3) is 4.57. The lowest BCUT2D eigenvalue weighted by Crippen LogP contribution is -2.11. The van der Waals surface area contributed by atoms with E-state index in [2.05, 4.69) is 33.2 Å². The van der Waals surface area contributed by atoms with Crippen LogP contribution in [0.25, 0.3) is 5.70 Å². The molecule has 21 heavy (non-hydrogen) atoms. The fourth-order valence-corrected chi connectivity index (χ4v) is 3.56. The highest BCUT2D eigenvalue weighted by Gasteiger charge is 2.14. The Morgan fingerprint density at radius 3 is 2.81 bits per heavy atom. The average molecular weight is 324 g/mol. The van der Waals surface area contributed by atoms with Crippen LogP contribution in [-0.4, -0.2) is 23.3 Å². The van der Waals surface area contributed by atoms with Crippen LogP contribution in [0.2, 0.25) is 0 Å². The first-order valence-corrected chi connectivity index (χ1v) is 8.31. The molecule has 7 heteroatoms. The maximum absolute atomic E-state index is 11.1. The number of carbonyl (C=O) groups excluding carboxylic acids is 1. The zero-order valence-electron chi connectivity index (χ0n) is 12.2. The number of hydrogen-bond acceptors (Lipinski definition) is 5. The molecule has 0 aliphatic heterocycles. The first kappa shape index (κ1) is 16.0. The molecule has 2 rings (SSSR count). The van der Waals surface area contributed by atoms with Gasteiger partial charge in [-0.15, -0.1) is 12.6 Å². The Balaban J connectivity index is 2.03. The molecule has 1 saturated carbocycles. The van der Waals surface area contributed by atoms with Crippen molar-refractivity contribution in [3.8, 4) is 0 Å². The van der Waals surface area contributed by atoms with Crippen LogP contribution in [0.5, 0.6) is 0 Å². The van der Waals surface area contributed by atoms with Gasteiger partial charge in [0, 0.05) is 6.92 Å². The van der Waals surface area contributed by atoms with Crippen molar-refractivity contribution < 1.29 is 4.79 Å². The third-order valence-corrected chi connectivity index (χ3v) is 4.65. The lowest BCUT2D eigenvalue weighted by molar-refractivity contribution is -0.114. The maximum atomic E-state index is 11.1. The Hall–Kier alpha value is -1.34. The summed E-state index contributed by atoms with van der Waals surface area (Å²) in [5, 5.41) is 8.16. The minimum Gasteiger partial charge on any atom is -0.345 e. The largest absolute Gasteiger partial charge is 0.345 e. The van der Waals surface area contributed by atoms with Gasteiger partial charge in [0.25, 0.3) is 0 Å². The molecule has 0 aromatic carbocycles. The van der Waals surface area contributed by atoms with Gasteiger partial charge >= 0.3 is 0 Å². The van der Waals surface area contributed by atoms with Crippen molar-refractivity contribution >= 4 is 47.0 Å². The van der Waals surface area contributed by atoms with E-state index in [0.29, 0.717) is 11.2 Å². The number of amides is 1. The Kier molecular flexibility index (Phi) is 5.81. The number of rotatable bonds is 5. The summed E-state index contributed by atoms with van der Waals surface area (Å²) in [5.41, 5.74) is 1.69. The van der Waals surface area contributed by atoms with Crippen LogP contribution in [0.15, 0.2) is 10.4 Å². The highest BCUT2D eigenvalue weighted by molar-refractivity contribution is 7.83. The SMILES string of the molecule is CC(=O)Nc1nc(C)c(/C(=C/S)NC=NC2CCCC2)s1. The fourth-order valence-electron chi connectivity index (χ4n) is 2.28. The van der Waals surface area contributed by atoms with E-state index in [0.717, 1.165) is 16.3 Å². The van der Waals surface area contributed by atoms with Gasteiger partial charge in [0.15, 0.2) is 5.13 Å². The number of hydrogen-bond donors (Lipinski definition) is 3. The second kappa shape index (κ2) is 7.61. The summed E-state index contributed by atoms with van der Waals surface area (Å²) in [6.07, 6.45) is 6.63. The molecule has 1 heterocycles. The van der Waals surface area contributed by atoms with E-state index in [4.69, 9.17) is 0 Å². The van der Waals surface area contributed by atoms with E-state index in [-0.39, 0.29) is 5.91 Å². The Bertz CT molecular complexity index is 559. The van der Waals surface area contributed by atoms with Crippen LogP contribution in [-0.2, 0) is 4.79 Å². The van der Waals surface area contributed by atoms with Crippen LogP contribution in [0.3, 0.4) is 0 Å². The van der Waals surface area contributed by atoms with Crippen molar-refractivity contribution in [1.29, 1.82) is 0 Å². The molecule has 0 bridgehead atoms. The van der Waals surface area contributed by atoms with Crippen molar-refractivity contribution in [3.05, 3.63) is 16.0 Å². The molecule has 114 valence electrons. The van der Waals surface area contributed by atoms with Crippen molar-refractivity contribution in [1.82, 2.24) is 10.3 Å². The molecule has 1 amide bonds. The summed E-state index contributed by atoms with van der Waals surface area (Å²) in [4.78, 5) is 20.9. The van der Waals surface area contributed by atoms with E-state index in [1.165, 1.54) is 43.9 Å². The van der Waals surface area contributed by atoms with E-state index in [1.807, 2.05) is 6.92 Å². The lowest BCUT2D eigenvalue weighted by Gasteiger charge is -2.05. The van der Waals surface area contributed by atoms with Gasteiger partial charge in [-0.2, -0.15) is 0 Å². The minimum absolute atomic E-state index is 0.123. The van der Waals surface area contributed by atoms with Crippen LogP contribution in [0.4, 0.5) is 5.13 Å². The third-order valence-electron chi connectivity index (χ3n) is 3.28. The van der Waals surface area contributed by atoms with Gasteiger partial charge in [-0.25, -0.2) is 4.98 Å². The van der Waals surface area contributed by atoms with Crippen LogP contribution < -0.4 is 10.6 Å². The normalized spacial score (nSPS) is 16.6. The summed E-state index contributed by atoms with van der Waals surface area (Å²) in [7, 11) is 0. The molecular weight excluding hydrogens is 304 g/mol. The molecule has 0 saturated heterocycles. The summed E-state index contributed by atoms with van der Waals surface area (Å²) in [5.74, 6) is -0.123. The van der Waals surface area contributed by atoms with Gasteiger partial charge < -0.3 is 10.6 Å². The molecule has 1 aromatic heterocycles. The highest BCUT2D eigenvalue weighted by Crippen LogP contribution is 2.28. The smallest absolute Gasteiger partial charge is 0.223 e. The van der Waals surface area contributed by atoms with E-state index in [9.17, 15) is 4.79 Å². The first-order chi connectivity index (χ1) is 10.1. The number of thiazole rings is 1. The minimum atomic E-state index is -0.123. The summed E-state index contributed by atoms with van der Waals surface area (Å²) in [6.45, 7) is 3.38. The van der Waals surface area contributed by atoms with Gasteiger partial charge in [-0.05, 0) is 25.2 Å². The lowest BCUT2D eigenvalue weighted by atomic mass is 10.3. The average Bonchev–Trinajstić information content (AvgIpc) is 3.04. The number of anilines is 1. The molecular formula is C14H20N4OS2. The van der Waals surface area contributed by atoms with E-state index >= 15 is 0 Å². The van der Waals surface area contributed by atoms with Crippen LogP contribution in [0, 0.1) is 6.92 Å². The Morgan fingerprint density at radius 2 is 2.19 bits per heavy atom. The number of aliphatic imine (C=N–C) groups is 1. The quantitative estimate of drug-likeness (QED) is 0.443. The van der Waals surface area contributed by atoms with Gasteiger partial charge in [-0.3, -0.25) is 9.79 Å². The molecule has 0 atom stereocenters. The second-order valence-corrected chi connectivity index (χ2v) is 6.28. The summed E-state index contributed by atoms with van der Waals surface area (Å²) in [6, 6.07) is 0.441. The molecule has 1 aliphatic carbocycles. The van der Waals surface area contributed by atoms with Gasteiger partial charge in [0.2, 0.25) is 5.91 Å². The number of carbonyl (C=O) groups is 1. The molecule has 1 fully saturated rings. The predicted molar refractivity (Wildman–Crippen MR) is 92.0 cm³/mol. The van der Waals surface area contributed by atoms with Gasteiger partial charge in [-0.1, -0.05) is 24.2 Å². The molecule has 5 nitrogen and oxygen atoms in total. The van der Waals surface area contributed by atoms with Crippen molar-refractivity contribution in [2.45, 2.75) is 45.6 Å². The molecule has 1 aromatic rings. The maximum Gasteiger partial charge on any atom is 0.223 e. The summed E-state index contributed by atoms with van der Waals surface area (Å²) < 4.78 is 0. The summed E-state index contributed by atoms with van der Waals surface area (Å²) >= 11 is 5.66. The molecule has 0 unspecified atom stereocenters. The fraction of sp³-hybridized carbons (Fsp3) is 0.500. The van der Waals surface area contributed by atoms with Crippen molar-refractivity contribution in [3.63, 3.8) is 0 Å². The standard InChI is InChI=1S/C14H20N4OS2/c1-9-13(21-14(17-9)18-10(2)19)12(7-20)16-8-15-11-5-3-4-6-11/h7-8,11,20H,3-6H2,1-2H3,(H,15,16)(H,17,18,19)/b12-7-. The van der Waals surface area contributed by atoms with Gasteiger partial charge in [0.1, 0.15) is 0 Å². The van der Waals surface area contributed by atoms with Crippen molar-refractivity contribution in [2.24, 2.45) is 4.99 Å². The molecule has 2 N–H and O–H groups in total. The van der Waals surface area contributed by atoms with Crippen LogP contribution in [0.1, 0.15) is 43.2 Å². The number of nitrogens with one attached hydrogen (secondary N) is 2. The monoisotopic (exact) mass is 324 g/mol. The predicted octanol–water partition coefficient (Wildman–Crippen LogP) is 3.20. The number of nitrogens with zero attached hydrogens (tertiary/aromatic N) is 2. The zero-order chi connectivity index (χ0) is 15.2. The van der Waals surface area contributed by atoms with Crippen LogP contribution >= 0.6 is 24.0 Å². The van der Waals surface area contributed by atoms with Gasteiger partial charge in [0.05, 0.1) is 28.6 Å². The number of aromatic nitrogens is 1. The number of thiol groups is 1. The second-order valence-electron chi connectivity index (χ2n) is 5.02. The zero-order valence-corrected chi connectivity index (χ0v) is 13.9. The Morgan fingerprint density at radius 1 is 1.48 bits per heavy atom. The molecule has 0 radical (unpaired) electrons. The molecule has 0 spiro atoms. The Labute approximate surface area is 134 Å². The number of aryl methyl sites for hydroxylation is 1. The highest BCUT2D eigenvalue weighted by atomic mass is 32.1. The van der Waals surface area contributed by atoms with E-state index in [1.54, 1.807) is 11.7 Å². The van der Waals surface area contributed by atoms with E-state index < -0.39 is 0 Å². The first-order valence-electron chi connectivity index (χ1n) is 6.98.